The van der Waals surface area contributed by atoms with Crippen LogP contribution < -0.4 is 5.32 Å². The third-order valence-corrected chi connectivity index (χ3v) is 3.91. The molecule has 0 heterocycles. The summed E-state index contributed by atoms with van der Waals surface area (Å²) in [5, 5.41) is 13.1. The fourth-order valence-electron chi connectivity index (χ4n) is 2.56. The van der Waals surface area contributed by atoms with E-state index in [9.17, 15) is 5.11 Å². The predicted molar refractivity (Wildman–Crippen MR) is 86.1 cm³/mol. The third kappa shape index (κ3) is 5.93. The van der Waals surface area contributed by atoms with E-state index in [1.807, 2.05) is 12.1 Å². The summed E-state index contributed by atoms with van der Waals surface area (Å²) in [7, 11) is 0. The van der Waals surface area contributed by atoms with Crippen molar-refractivity contribution < 1.29 is 5.11 Å². The number of phenols is 1. The normalized spacial score (nSPS) is 14.4. The molecule has 0 spiro atoms. The summed E-state index contributed by atoms with van der Waals surface area (Å²) in [5.74, 6) is 0.338. The second-order valence-electron chi connectivity index (χ2n) is 5.55. The van der Waals surface area contributed by atoms with Crippen molar-refractivity contribution in [2.75, 3.05) is 19.6 Å². The van der Waals surface area contributed by atoms with Crippen LogP contribution in [-0.2, 0) is 0 Å². The maximum absolute atomic E-state index is 9.52. The lowest BCUT2D eigenvalue weighted by atomic mass is 10.1. The van der Waals surface area contributed by atoms with Gasteiger partial charge in [-0.15, -0.1) is 0 Å². The van der Waals surface area contributed by atoms with Gasteiger partial charge in [-0.25, -0.2) is 0 Å². The van der Waals surface area contributed by atoms with Crippen molar-refractivity contribution in [1.82, 2.24) is 10.2 Å². The zero-order chi connectivity index (χ0) is 15.0. The van der Waals surface area contributed by atoms with Gasteiger partial charge in [-0.05, 0) is 64.0 Å². The second kappa shape index (κ2) is 8.98. The SMILES string of the molecule is CCN(CC)CCCC(C)NC(C)c1cccc(O)c1. The number of nitrogens with zero attached hydrogens (tertiary/aromatic N) is 1. The first-order valence-electron chi connectivity index (χ1n) is 7.84. The molecule has 1 rings (SSSR count). The summed E-state index contributed by atoms with van der Waals surface area (Å²) in [4.78, 5) is 2.46. The highest BCUT2D eigenvalue weighted by atomic mass is 16.3. The number of hydrogen-bond acceptors (Lipinski definition) is 3. The number of benzene rings is 1. The van der Waals surface area contributed by atoms with Gasteiger partial charge in [-0.2, -0.15) is 0 Å². The molecule has 2 atom stereocenters. The molecule has 0 fully saturated rings. The van der Waals surface area contributed by atoms with E-state index < -0.39 is 0 Å². The van der Waals surface area contributed by atoms with Gasteiger partial charge in [0.05, 0.1) is 0 Å². The molecular weight excluding hydrogens is 248 g/mol. The van der Waals surface area contributed by atoms with Crippen LogP contribution in [0.2, 0.25) is 0 Å². The number of rotatable bonds is 9. The minimum Gasteiger partial charge on any atom is -0.508 e. The summed E-state index contributed by atoms with van der Waals surface area (Å²) in [6, 6.07) is 8.26. The Balaban J connectivity index is 2.33. The van der Waals surface area contributed by atoms with Crippen molar-refractivity contribution in [3.8, 4) is 5.75 Å². The van der Waals surface area contributed by atoms with E-state index in [-0.39, 0.29) is 6.04 Å². The van der Waals surface area contributed by atoms with E-state index in [0.29, 0.717) is 11.8 Å². The van der Waals surface area contributed by atoms with E-state index in [1.54, 1.807) is 6.07 Å². The second-order valence-corrected chi connectivity index (χ2v) is 5.55. The zero-order valence-corrected chi connectivity index (χ0v) is 13.4. The van der Waals surface area contributed by atoms with Gasteiger partial charge in [0.1, 0.15) is 5.75 Å². The molecule has 1 aromatic carbocycles. The van der Waals surface area contributed by atoms with E-state index in [2.05, 4.69) is 44.0 Å². The fraction of sp³-hybridized carbons (Fsp3) is 0.647. The molecule has 0 saturated heterocycles. The first kappa shape index (κ1) is 17.0. The molecule has 0 amide bonds. The molecule has 0 aliphatic heterocycles. The molecule has 3 heteroatoms. The first-order chi connectivity index (χ1) is 9.56. The Kier molecular flexibility index (Phi) is 7.63. The number of nitrogens with one attached hydrogen (secondary N) is 1. The van der Waals surface area contributed by atoms with Crippen LogP contribution in [0.25, 0.3) is 0 Å². The predicted octanol–water partition coefficient (Wildman–Crippen LogP) is 3.55. The minimum atomic E-state index is 0.269. The van der Waals surface area contributed by atoms with Gasteiger partial charge in [0, 0.05) is 12.1 Å². The minimum absolute atomic E-state index is 0.269. The maximum atomic E-state index is 9.52. The van der Waals surface area contributed by atoms with Gasteiger partial charge >= 0.3 is 0 Å². The Bertz CT molecular complexity index is 377. The molecule has 2 N–H and O–H groups in total. The highest BCUT2D eigenvalue weighted by Crippen LogP contribution is 2.18. The van der Waals surface area contributed by atoms with Gasteiger partial charge in [0.2, 0.25) is 0 Å². The van der Waals surface area contributed by atoms with Crippen molar-refractivity contribution >= 4 is 0 Å². The van der Waals surface area contributed by atoms with Crippen LogP contribution in [0.4, 0.5) is 0 Å². The van der Waals surface area contributed by atoms with Gasteiger partial charge in [-0.1, -0.05) is 26.0 Å². The van der Waals surface area contributed by atoms with Crippen LogP contribution in [0.5, 0.6) is 5.75 Å². The molecule has 0 bridgehead atoms. The molecule has 20 heavy (non-hydrogen) atoms. The van der Waals surface area contributed by atoms with Crippen molar-refractivity contribution in [2.24, 2.45) is 0 Å². The van der Waals surface area contributed by atoms with Crippen molar-refractivity contribution in [1.29, 1.82) is 0 Å². The van der Waals surface area contributed by atoms with Crippen LogP contribution in [0, 0.1) is 0 Å². The maximum Gasteiger partial charge on any atom is 0.115 e. The van der Waals surface area contributed by atoms with Gasteiger partial charge in [-0.3, -0.25) is 0 Å². The number of hydrogen-bond donors (Lipinski definition) is 2. The van der Waals surface area contributed by atoms with Gasteiger partial charge in [0.15, 0.2) is 0 Å². The molecule has 0 aliphatic carbocycles. The standard InChI is InChI=1S/C17H30N2O/c1-5-19(6-2)12-8-9-14(3)18-15(4)16-10-7-11-17(20)13-16/h7,10-11,13-15,18,20H,5-6,8-9,12H2,1-4H3. The lowest BCUT2D eigenvalue weighted by Gasteiger charge is -2.22. The average molecular weight is 278 g/mol. The van der Waals surface area contributed by atoms with Crippen molar-refractivity contribution in [3.63, 3.8) is 0 Å². The molecule has 1 aromatic rings. The van der Waals surface area contributed by atoms with Crippen LogP contribution >= 0.6 is 0 Å². The number of aromatic hydroxyl groups is 1. The van der Waals surface area contributed by atoms with E-state index >= 15 is 0 Å². The van der Waals surface area contributed by atoms with Crippen molar-refractivity contribution in [2.45, 2.75) is 52.6 Å². The lowest BCUT2D eigenvalue weighted by Crippen LogP contribution is -2.30. The molecule has 114 valence electrons. The number of phenolic OH excluding ortho intramolecular Hbond substituents is 1. The molecule has 0 radical (unpaired) electrons. The smallest absolute Gasteiger partial charge is 0.115 e. The average Bonchev–Trinajstić information content (AvgIpc) is 2.43. The van der Waals surface area contributed by atoms with Crippen LogP contribution in [0.1, 0.15) is 52.1 Å². The van der Waals surface area contributed by atoms with E-state index in [1.165, 1.54) is 19.4 Å². The monoisotopic (exact) mass is 278 g/mol. The Morgan fingerprint density at radius 2 is 1.90 bits per heavy atom. The van der Waals surface area contributed by atoms with Crippen LogP contribution in [0.3, 0.4) is 0 Å². The molecule has 0 saturated carbocycles. The summed E-state index contributed by atoms with van der Waals surface area (Å²) in [5.41, 5.74) is 1.14. The van der Waals surface area contributed by atoms with Crippen LogP contribution in [-0.4, -0.2) is 35.7 Å². The van der Waals surface area contributed by atoms with E-state index in [0.717, 1.165) is 18.7 Å². The molecular formula is C17H30N2O. The largest absolute Gasteiger partial charge is 0.508 e. The first-order valence-corrected chi connectivity index (χ1v) is 7.84. The molecule has 0 aliphatic rings. The highest BCUT2D eigenvalue weighted by Gasteiger charge is 2.10. The third-order valence-electron chi connectivity index (χ3n) is 3.91. The summed E-state index contributed by atoms with van der Waals surface area (Å²) >= 11 is 0. The molecule has 2 unspecified atom stereocenters. The summed E-state index contributed by atoms with van der Waals surface area (Å²) in [6.45, 7) is 12.3. The lowest BCUT2D eigenvalue weighted by molar-refractivity contribution is 0.288. The van der Waals surface area contributed by atoms with Gasteiger partial charge < -0.3 is 15.3 Å². The summed E-state index contributed by atoms with van der Waals surface area (Å²) in [6.07, 6.45) is 2.41. The van der Waals surface area contributed by atoms with E-state index in [4.69, 9.17) is 0 Å². The molecule has 3 nitrogen and oxygen atoms in total. The molecule has 0 aromatic heterocycles. The Morgan fingerprint density at radius 1 is 1.20 bits per heavy atom. The quantitative estimate of drug-likeness (QED) is 0.725. The van der Waals surface area contributed by atoms with Gasteiger partial charge in [0.25, 0.3) is 0 Å². The Labute approximate surface area is 124 Å². The van der Waals surface area contributed by atoms with Crippen molar-refractivity contribution in [3.05, 3.63) is 29.8 Å². The summed E-state index contributed by atoms with van der Waals surface area (Å²) < 4.78 is 0. The van der Waals surface area contributed by atoms with Crippen LogP contribution in [0.15, 0.2) is 24.3 Å². The highest BCUT2D eigenvalue weighted by molar-refractivity contribution is 5.29. The Morgan fingerprint density at radius 3 is 2.50 bits per heavy atom. The topological polar surface area (TPSA) is 35.5 Å². The fourth-order valence-corrected chi connectivity index (χ4v) is 2.56. The zero-order valence-electron chi connectivity index (χ0n) is 13.4. The Hall–Kier alpha value is -1.06.